The third-order valence-electron chi connectivity index (χ3n) is 4.41. The van der Waals surface area contributed by atoms with E-state index in [0.29, 0.717) is 24.7 Å². The summed E-state index contributed by atoms with van der Waals surface area (Å²) in [6.07, 6.45) is 0.950. The summed E-state index contributed by atoms with van der Waals surface area (Å²) in [7, 11) is -2.97. The molecule has 0 aliphatic carbocycles. The molecule has 0 radical (unpaired) electrons. The largest absolute Gasteiger partial charge is 0.444 e. The molecule has 2 rings (SSSR count). The van der Waals surface area contributed by atoms with Gasteiger partial charge in [-0.15, -0.1) is 0 Å². The third kappa shape index (κ3) is 6.44. The highest BCUT2D eigenvalue weighted by molar-refractivity contribution is 7.91. The van der Waals surface area contributed by atoms with Crippen LogP contribution in [0.3, 0.4) is 0 Å². The second-order valence-electron chi connectivity index (χ2n) is 8.79. The van der Waals surface area contributed by atoms with Gasteiger partial charge in [-0.3, -0.25) is 4.90 Å². The van der Waals surface area contributed by atoms with E-state index in [9.17, 15) is 13.2 Å². The summed E-state index contributed by atoms with van der Waals surface area (Å²) >= 11 is 0. The Balaban J connectivity index is 2.05. The fourth-order valence-electron chi connectivity index (χ4n) is 3.10. The van der Waals surface area contributed by atoms with Crippen LogP contribution in [0.25, 0.3) is 0 Å². The fraction of sp³-hybridized carbons (Fsp3) is 0.833. The van der Waals surface area contributed by atoms with Crippen molar-refractivity contribution in [2.45, 2.75) is 78.1 Å². The molecule has 28 heavy (non-hydrogen) atoms. The van der Waals surface area contributed by atoms with Crippen molar-refractivity contribution in [3.63, 3.8) is 0 Å². The maximum absolute atomic E-state index is 12.1. The van der Waals surface area contributed by atoms with Gasteiger partial charge in [0.1, 0.15) is 11.1 Å². The number of sulfone groups is 1. The molecule has 9 nitrogen and oxygen atoms in total. The van der Waals surface area contributed by atoms with Gasteiger partial charge in [0.2, 0.25) is 5.89 Å². The van der Waals surface area contributed by atoms with Crippen molar-refractivity contribution in [1.82, 2.24) is 20.4 Å². The van der Waals surface area contributed by atoms with Crippen molar-refractivity contribution in [3.05, 3.63) is 11.7 Å². The van der Waals surface area contributed by atoms with Crippen LogP contribution in [0.2, 0.25) is 0 Å². The standard InChI is InChI=1S/C18H32N4O5S/c1-7-9-22(13-8-10-28(24,25)12-13)11-14-19-15(21-27-14)18(5,6)20-16(23)26-17(2,3)4/h13H,7-12H2,1-6H3,(H,20,23). The van der Waals surface area contributed by atoms with Crippen molar-refractivity contribution < 1.29 is 22.5 Å². The van der Waals surface area contributed by atoms with Gasteiger partial charge in [-0.05, 0) is 54.0 Å². The second-order valence-corrected chi connectivity index (χ2v) is 11.0. The SMILES string of the molecule is CCCN(Cc1nc(C(C)(C)NC(=O)OC(C)(C)C)no1)C1CCS(=O)(=O)C1. The summed E-state index contributed by atoms with van der Waals surface area (Å²) in [5.74, 6) is 1.12. The lowest BCUT2D eigenvalue weighted by Crippen LogP contribution is -2.44. The lowest BCUT2D eigenvalue weighted by Gasteiger charge is -2.26. The Morgan fingerprint density at radius 1 is 1.32 bits per heavy atom. The monoisotopic (exact) mass is 416 g/mol. The van der Waals surface area contributed by atoms with Gasteiger partial charge in [0.25, 0.3) is 0 Å². The summed E-state index contributed by atoms with van der Waals surface area (Å²) in [5.41, 5.74) is -1.48. The predicted octanol–water partition coefficient (Wildman–Crippen LogP) is 2.23. The van der Waals surface area contributed by atoms with E-state index in [0.717, 1.165) is 13.0 Å². The van der Waals surface area contributed by atoms with Gasteiger partial charge in [0, 0.05) is 6.04 Å². The molecule has 1 unspecified atom stereocenters. The maximum atomic E-state index is 12.1. The average molecular weight is 417 g/mol. The van der Waals surface area contributed by atoms with Crippen LogP contribution in [0.5, 0.6) is 0 Å². The van der Waals surface area contributed by atoms with Gasteiger partial charge in [0.05, 0.1) is 18.1 Å². The van der Waals surface area contributed by atoms with E-state index in [2.05, 4.69) is 20.4 Å². The van der Waals surface area contributed by atoms with Gasteiger partial charge in [-0.1, -0.05) is 12.1 Å². The molecule has 1 aliphatic rings. The van der Waals surface area contributed by atoms with Gasteiger partial charge in [-0.25, -0.2) is 13.2 Å². The molecule has 1 aliphatic heterocycles. The molecular formula is C18H32N4O5S. The van der Waals surface area contributed by atoms with E-state index in [-0.39, 0.29) is 17.5 Å². The first-order valence-corrected chi connectivity index (χ1v) is 11.4. The zero-order chi connectivity index (χ0) is 21.2. The van der Waals surface area contributed by atoms with E-state index in [4.69, 9.17) is 9.26 Å². The van der Waals surface area contributed by atoms with Crippen LogP contribution < -0.4 is 5.32 Å². The average Bonchev–Trinajstić information content (AvgIpc) is 3.11. The molecule has 2 heterocycles. The molecule has 1 amide bonds. The highest BCUT2D eigenvalue weighted by atomic mass is 32.2. The molecule has 0 spiro atoms. The number of nitrogens with zero attached hydrogens (tertiary/aromatic N) is 3. The predicted molar refractivity (Wildman–Crippen MR) is 104 cm³/mol. The zero-order valence-electron chi connectivity index (χ0n) is 17.6. The van der Waals surface area contributed by atoms with Crippen LogP contribution in [-0.4, -0.2) is 59.2 Å². The van der Waals surface area contributed by atoms with Crippen LogP contribution in [0.15, 0.2) is 4.52 Å². The van der Waals surface area contributed by atoms with Crippen molar-refractivity contribution in [3.8, 4) is 0 Å². The van der Waals surface area contributed by atoms with Gasteiger partial charge < -0.3 is 14.6 Å². The lowest BCUT2D eigenvalue weighted by atomic mass is 10.1. The van der Waals surface area contributed by atoms with E-state index in [1.54, 1.807) is 34.6 Å². The normalized spacial score (nSPS) is 19.8. The minimum atomic E-state index is -2.97. The van der Waals surface area contributed by atoms with Crippen molar-refractivity contribution in [2.24, 2.45) is 0 Å². The Hall–Kier alpha value is -1.68. The van der Waals surface area contributed by atoms with Crippen LogP contribution in [-0.2, 0) is 26.7 Å². The Morgan fingerprint density at radius 3 is 2.54 bits per heavy atom. The molecule has 1 N–H and O–H groups in total. The van der Waals surface area contributed by atoms with Crippen LogP contribution in [0, 0.1) is 0 Å². The number of hydrogen-bond acceptors (Lipinski definition) is 8. The van der Waals surface area contributed by atoms with E-state index >= 15 is 0 Å². The number of hydrogen-bond donors (Lipinski definition) is 1. The molecule has 1 fully saturated rings. The van der Waals surface area contributed by atoms with Crippen LogP contribution >= 0.6 is 0 Å². The summed E-state index contributed by atoms with van der Waals surface area (Å²) in [5, 5.41) is 6.75. The third-order valence-corrected chi connectivity index (χ3v) is 6.16. The molecule has 10 heteroatoms. The summed E-state index contributed by atoms with van der Waals surface area (Å²) in [6, 6.07) is -0.0341. The Morgan fingerprint density at radius 2 is 2.00 bits per heavy atom. The number of aromatic nitrogens is 2. The number of carbonyl (C=O) groups excluding carboxylic acids is 1. The van der Waals surface area contributed by atoms with Crippen molar-refractivity contribution in [2.75, 3.05) is 18.1 Å². The number of nitrogens with one attached hydrogen (secondary N) is 1. The van der Waals surface area contributed by atoms with Crippen LogP contribution in [0.4, 0.5) is 4.79 Å². The smallest absolute Gasteiger partial charge is 0.408 e. The maximum Gasteiger partial charge on any atom is 0.408 e. The second kappa shape index (κ2) is 8.36. The first kappa shape index (κ1) is 22.6. The number of rotatable bonds is 7. The minimum Gasteiger partial charge on any atom is -0.444 e. The molecule has 1 aromatic heterocycles. The summed E-state index contributed by atoms with van der Waals surface area (Å²) < 4.78 is 34.3. The number of amides is 1. The van der Waals surface area contributed by atoms with E-state index < -0.39 is 27.1 Å². The highest BCUT2D eigenvalue weighted by Crippen LogP contribution is 2.22. The molecule has 1 atom stereocenters. The molecule has 0 saturated carbocycles. The van der Waals surface area contributed by atoms with E-state index in [1.165, 1.54) is 0 Å². The molecule has 1 saturated heterocycles. The minimum absolute atomic E-state index is 0.0341. The molecule has 0 bridgehead atoms. The summed E-state index contributed by atoms with van der Waals surface area (Å²) in [6.45, 7) is 12.1. The van der Waals surface area contributed by atoms with Crippen molar-refractivity contribution in [1.29, 1.82) is 0 Å². The lowest BCUT2D eigenvalue weighted by molar-refractivity contribution is 0.0465. The Labute approximate surface area is 167 Å². The first-order valence-electron chi connectivity index (χ1n) is 9.60. The van der Waals surface area contributed by atoms with Gasteiger partial charge in [-0.2, -0.15) is 4.98 Å². The Kier molecular flexibility index (Phi) is 6.75. The topological polar surface area (TPSA) is 115 Å². The number of alkyl carbamates (subject to hydrolysis) is 1. The fourth-order valence-corrected chi connectivity index (χ4v) is 4.86. The number of carbonyl (C=O) groups is 1. The molecule has 1 aromatic rings. The summed E-state index contributed by atoms with van der Waals surface area (Å²) in [4.78, 5) is 18.6. The number of ether oxygens (including phenoxy) is 1. The van der Waals surface area contributed by atoms with Crippen LogP contribution in [0.1, 0.15) is 66.1 Å². The molecule has 0 aromatic carbocycles. The van der Waals surface area contributed by atoms with Gasteiger partial charge in [0.15, 0.2) is 15.7 Å². The highest BCUT2D eigenvalue weighted by Gasteiger charge is 2.34. The first-order chi connectivity index (χ1) is 12.8. The van der Waals surface area contributed by atoms with E-state index in [1.807, 2.05) is 6.92 Å². The molecular weight excluding hydrogens is 384 g/mol. The van der Waals surface area contributed by atoms with Gasteiger partial charge >= 0.3 is 6.09 Å². The van der Waals surface area contributed by atoms with Crippen molar-refractivity contribution >= 4 is 15.9 Å². The Bertz CT molecular complexity index is 782. The molecule has 160 valence electrons. The zero-order valence-corrected chi connectivity index (χ0v) is 18.4. The quantitative estimate of drug-likeness (QED) is 0.719.